The Morgan fingerprint density at radius 3 is 2.64 bits per heavy atom. The quantitative estimate of drug-likeness (QED) is 0.453. The second-order valence-corrected chi connectivity index (χ2v) is 7.56. The molecule has 3 rings (SSSR count). The van der Waals surface area contributed by atoms with Gasteiger partial charge in [-0.3, -0.25) is 0 Å². The Balaban J connectivity index is 1.43. The third kappa shape index (κ3) is 5.37. The van der Waals surface area contributed by atoms with Crippen molar-refractivity contribution >= 4 is 33.9 Å². The van der Waals surface area contributed by atoms with E-state index in [1.54, 1.807) is 30.2 Å². The van der Waals surface area contributed by atoms with Gasteiger partial charge in [0.25, 0.3) is 0 Å². The van der Waals surface area contributed by atoms with Gasteiger partial charge >= 0.3 is 0 Å². The third-order valence-corrected chi connectivity index (χ3v) is 5.25. The van der Waals surface area contributed by atoms with E-state index >= 15 is 0 Å². The van der Waals surface area contributed by atoms with Crippen molar-refractivity contribution in [3.63, 3.8) is 0 Å². The van der Waals surface area contributed by atoms with Crippen molar-refractivity contribution in [3.8, 4) is 11.5 Å². The van der Waals surface area contributed by atoms with Crippen molar-refractivity contribution in [3.05, 3.63) is 54.1 Å². The Morgan fingerprint density at radius 1 is 1.08 bits per heavy atom. The highest BCUT2D eigenvalue weighted by atomic mass is 32.2. The van der Waals surface area contributed by atoms with Gasteiger partial charge in [-0.05, 0) is 48.9 Å². The van der Waals surface area contributed by atoms with Crippen LogP contribution in [-0.4, -0.2) is 29.7 Å². The summed E-state index contributed by atoms with van der Waals surface area (Å²) in [6.07, 6.45) is 0. The number of hydrogen-bond donors (Lipinski definition) is 1. The molecule has 25 heavy (non-hydrogen) atoms. The van der Waals surface area contributed by atoms with Crippen LogP contribution < -0.4 is 14.8 Å². The van der Waals surface area contributed by atoms with Crippen LogP contribution in [0.4, 0.5) is 10.8 Å². The Kier molecular flexibility index (Phi) is 6.14. The number of aryl methyl sites for hydroxylation is 1. The molecule has 0 aliphatic carbocycles. The molecule has 0 fully saturated rings. The number of hydrogen-bond acceptors (Lipinski definition) is 7. The number of methoxy groups -OCH3 is 1. The maximum absolute atomic E-state index is 5.71. The van der Waals surface area contributed by atoms with Gasteiger partial charge in [0, 0.05) is 11.4 Å². The fourth-order valence-corrected chi connectivity index (χ4v) is 3.79. The van der Waals surface area contributed by atoms with Gasteiger partial charge in [-0.1, -0.05) is 35.2 Å². The lowest BCUT2D eigenvalue weighted by molar-refractivity contribution is 0.342. The van der Waals surface area contributed by atoms with E-state index in [-0.39, 0.29) is 0 Å². The maximum atomic E-state index is 5.71. The zero-order valence-electron chi connectivity index (χ0n) is 14.1. The van der Waals surface area contributed by atoms with Crippen molar-refractivity contribution in [1.82, 2.24) is 10.2 Å². The average molecular weight is 374 g/mol. The molecule has 5 nitrogen and oxygen atoms in total. The standard InChI is InChI=1S/C18H19N3O2S2/c1-13-4-3-5-14(12-13)19-17-20-21-18(25-17)24-11-10-23-16-8-6-15(22-2)7-9-16/h3-9,12H,10-11H2,1-2H3,(H,19,20). The normalized spacial score (nSPS) is 10.5. The van der Waals surface area contributed by atoms with Crippen molar-refractivity contribution in [1.29, 1.82) is 0 Å². The first-order valence-corrected chi connectivity index (χ1v) is 9.60. The van der Waals surface area contributed by atoms with Gasteiger partial charge in [-0.25, -0.2) is 0 Å². The number of thioether (sulfide) groups is 1. The summed E-state index contributed by atoms with van der Waals surface area (Å²) >= 11 is 3.18. The van der Waals surface area contributed by atoms with Gasteiger partial charge in [0.05, 0.1) is 13.7 Å². The summed E-state index contributed by atoms with van der Waals surface area (Å²) in [4.78, 5) is 0. The largest absolute Gasteiger partial charge is 0.497 e. The molecule has 7 heteroatoms. The molecule has 1 N–H and O–H groups in total. The van der Waals surface area contributed by atoms with Crippen LogP contribution in [0.1, 0.15) is 5.56 Å². The number of anilines is 2. The number of benzene rings is 2. The van der Waals surface area contributed by atoms with Crippen LogP contribution in [0.5, 0.6) is 11.5 Å². The van der Waals surface area contributed by atoms with Crippen molar-refractivity contribution in [2.24, 2.45) is 0 Å². The number of rotatable bonds is 8. The first-order valence-electron chi connectivity index (χ1n) is 7.80. The Hall–Kier alpha value is -2.25. The fraction of sp³-hybridized carbons (Fsp3) is 0.222. The summed E-state index contributed by atoms with van der Waals surface area (Å²) < 4.78 is 11.8. The predicted molar refractivity (Wildman–Crippen MR) is 104 cm³/mol. The summed E-state index contributed by atoms with van der Waals surface area (Å²) in [6, 6.07) is 15.8. The van der Waals surface area contributed by atoms with Crippen LogP contribution in [0.25, 0.3) is 0 Å². The molecule has 0 bridgehead atoms. The molecule has 0 unspecified atom stereocenters. The van der Waals surface area contributed by atoms with Crippen molar-refractivity contribution < 1.29 is 9.47 Å². The summed E-state index contributed by atoms with van der Waals surface area (Å²) in [5, 5.41) is 12.5. The minimum Gasteiger partial charge on any atom is -0.497 e. The molecule has 0 amide bonds. The Labute approximate surface area is 155 Å². The molecule has 0 aliphatic rings. The molecule has 1 heterocycles. The topological polar surface area (TPSA) is 56.3 Å². The zero-order chi connectivity index (χ0) is 17.5. The van der Waals surface area contributed by atoms with Crippen molar-refractivity contribution in [2.45, 2.75) is 11.3 Å². The van der Waals surface area contributed by atoms with Gasteiger partial charge < -0.3 is 14.8 Å². The first-order chi connectivity index (χ1) is 12.2. The molecule has 0 atom stereocenters. The lowest BCUT2D eigenvalue weighted by atomic mass is 10.2. The highest BCUT2D eigenvalue weighted by molar-refractivity contribution is 8.01. The Morgan fingerprint density at radius 2 is 1.88 bits per heavy atom. The molecule has 0 aliphatic heterocycles. The van der Waals surface area contributed by atoms with E-state index in [1.165, 1.54) is 5.56 Å². The van der Waals surface area contributed by atoms with E-state index in [2.05, 4.69) is 34.6 Å². The fourth-order valence-electron chi connectivity index (χ4n) is 2.13. The molecule has 0 saturated heterocycles. The van der Waals surface area contributed by atoms with Crippen LogP contribution in [0.2, 0.25) is 0 Å². The number of aromatic nitrogens is 2. The number of nitrogens with zero attached hydrogens (tertiary/aromatic N) is 2. The number of nitrogens with one attached hydrogen (secondary N) is 1. The van der Waals surface area contributed by atoms with E-state index in [9.17, 15) is 0 Å². The summed E-state index contributed by atoms with van der Waals surface area (Å²) in [7, 11) is 1.65. The lowest BCUT2D eigenvalue weighted by Gasteiger charge is -2.05. The van der Waals surface area contributed by atoms with Crippen molar-refractivity contribution in [2.75, 3.05) is 24.8 Å². The van der Waals surface area contributed by atoms with Crippen LogP contribution in [0.3, 0.4) is 0 Å². The highest BCUT2D eigenvalue weighted by Gasteiger charge is 2.05. The monoisotopic (exact) mass is 373 g/mol. The Bertz CT molecular complexity index is 806. The minimum atomic E-state index is 0.608. The van der Waals surface area contributed by atoms with E-state index in [1.807, 2.05) is 36.4 Å². The second kappa shape index (κ2) is 8.73. The van der Waals surface area contributed by atoms with Gasteiger partial charge in [0.15, 0.2) is 4.34 Å². The van der Waals surface area contributed by atoms with E-state index in [4.69, 9.17) is 9.47 Å². The lowest BCUT2D eigenvalue weighted by Crippen LogP contribution is -1.99. The molecule has 0 saturated carbocycles. The van der Waals surface area contributed by atoms with Gasteiger partial charge in [-0.15, -0.1) is 10.2 Å². The van der Waals surface area contributed by atoms with E-state index in [0.29, 0.717) is 6.61 Å². The summed E-state index contributed by atoms with van der Waals surface area (Å²) in [5.74, 6) is 2.47. The SMILES string of the molecule is COc1ccc(OCCSc2nnc(Nc3cccc(C)c3)s2)cc1. The van der Waals surface area contributed by atoms with Gasteiger partial charge in [0.1, 0.15) is 11.5 Å². The van der Waals surface area contributed by atoms with Gasteiger partial charge in [0.2, 0.25) is 5.13 Å². The highest BCUT2D eigenvalue weighted by Crippen LogP contribution is 2.28. The molecule has 0 radical (unpaired) electrons. The minimum absolute atomic E-state index is 0.608. The second-order valence-electron chi connectivity index (χ2n) is 5.24. The maximum Gasteiger partial charge on any atom is 0.210 e. The van der Waals surface area contributed by atoms with E-state index < -0.39 is 0 Å². The molecule has 3 aromatic rings. The predicted octanol–water partition coefficient (Wildman–Crippen LogP) is 4.77. The van der Waals surface area contributed by atoms with Crippen LogP contribution in [0, 0.1) is 6.92 Å². The molecule has 0 spiro atoms. The number of ether oxygens (including phenoxy) is 2. The zero-order valence-corrected chi connectivity index (χ0v) is 15.7. The molecular formula is C18H19N3O2S2. The van der Waals surface area contributed by atoms with E-state index in [0.717, 1.165) is 32.4 Å². The first kappa shape index (κ1) is 17.6. The van der Waals surface area contributed by atoms with Crippen LogP contribution >= 0.6 is 23.1 Å². The summed E-state index contributed by atoms with van der Waals surface area (Å²) in [6.45, 7) is 2.67. The molecular weight excluding hydrogens is 354 g/mol. The average Bonchev–Trinajstić information content (AvgIpc) is 3.06. The summed E-state index contributed by atoms with van der Waals surface area (Å²) in [5.41, 5.74) is 2.23. The molecule has 2 aromatic carbocycles. The van der Waals surface area contributed by atoms with Crippen LogP contribution in [0.15, 0.2) is 52.9 Å². The third-order valence-electron chi connectivity index (χ3n) is 3.31. The molecule has 130 valence electrons. The molecule has 1 aromatic heterocycles. The van der Waals surface area contributed by atoms with Crippen LogP contribution in [-0.2, 0) is 0 Å². The smallest absolute Gasteiger partial charge is 0.210 e. The van der Waals surface area contributed by atoms with Gasteiger partial charge in [-0.2, -0.15) is 0 Å².